The lowest BCUT2D eigenvalue weighted by Gasteiger charge is -2.08. The molecular formula is C12H12ClN3. The number of pyridine rings is 1. The van der Waals surface area contributed by atoms with Gasteiger partial charge >= 0.3 is 0 Å². The van der Waals surface area contributed by atoms with Crippen molar-refractivity contribution in [3.05, 3.63) is 47.1 Å². The molecule has 0 aliphatic rings. The molecule has 1 aromatic carbocycles. The second-order valence-corrected chi connectivity index (χ2v) is 4.00. The monoisotopic (exact) mass is 233 g/mol. The molecule has 0 aliphatic heterocycles. The van der Waals surface area contributed by atoms with Crippen LogP contribution < -0.4 is 11.1 Å². The van der Waals surface area contributed by atoms with E-state index in [0.29, 0.717) is 5.69 Å². The third-order valence-electron chi connectivity index (χ3n) is 2.24. The number of nitrogens with zero attached hydrogens (tertiary/aromatic N) is 1. The first-order chi connectivity index (χ1) is 7.65. The topological polar surface area (TPSA) is 50.9 Å². The number of nitrogens with two attached hydrogens (primary N) is 1. The Balaban J connectivity index is 2.23. The Bertz CT molecular complexity index is 494. The van der Waals surface area contributed by atoms with E-state index in [-0.39, 0.29) is 0 Å². The molecule has 0 radical (unpaired) electrons. The van der Waals surface area contributed by atoms with Crippen molar-refractivity contribution in [3.8, 4) is 0 Å². The molecule has 1 heterocycles. The molecule has 1 aromatic heterocycles. The normalized spacial score (nSPS) is 10.1. The number of nitrogens with one attached hydrogen (secondary N) is 1. The first kappa shape index (κ1) is 10.8. The summed E-state index contributed by atoms with van der Waals surface area (Å²) in [6.45, 7) is 1.99. The summed E-state index contributed by atoms with van der Waals surface area (Å²) in [4.78, 5) is 4.17. The third kappa shape index (κ3) is 2.44. The Kier molecular flexibility index (Phi) is 2.97. The van der Waals surface area contributed by atoms with Gasteiger partial charge in [-0.3, -0.25) is 0 Å². The molecule has 0 amide bonds. The van der Waals surface area contributed by atoms with E-state index in [4.69, 9.17) is 17.3 Å². The van der Waals surface area contributed by atoms with Gasteiger partial charge in [-0.15, -0.1) is 0 Å². The zero-order valence-corrected chi connectivity index (χ0v) is 9.62. The van der Waals surface area contributed by atoms with Gasteiger partial charge in [0, 0.05) is 10.7 Å². The first-order valence-corrected chi connectivity index (χ1v) is 5.27. The summed E-state index contributed by atoms with van der Waals surface area (Å²) in [5.74, 6) is 0.764. The molecule has 4 heteroatoms. The standard InChI is InChI=1S/C12H12ClN3/c1-8-6-9(13)2-4-11(8)16-12-5-3-10(14)7-15-12/h2-7H,14H2,1H3,(H,15,16). The van der Waals surface area contributed by atoms with Crippen LogP contribution in [0.1, 0.15) is 5.56 Å². The summed E-state index contributed by atoms with van der Waals surface area (Å²) in [5, 5.41) is 3.93. The van der Waals surface area contributed by atoms with Crippen LogP contribution in [0.2, 0.25) is 5.02 Å². The molecule has 3 nitrogen and oxygen atoms in total. The summed E-state index contributed by atoms with van der Waals surface area (Å²) < 4.78 is 0. The van der Waals surface area contributed by atoms with Crippen molar-refractivity contribution in [1.29, 1.82) is 0 Å². The molecule has 3 N–H and O–H groups in total. The molecule has 0 unspecified atom stereocenters. The predicted octanol–water partition coefficient (Wildman–Crippen LogP) is 3.37. The fourth-order valence-corrected chi connectivity index (χ4v) is 1.61. The Morgan fingerprint density at radius 3 is 2.69 bits per heavy atom. The largest absolute Gasteiger partial charge is 0.397 e. The minimum atomic E-state index is 0.651. The summed E-state index contributed by atoms with van der Waals surface area (Å²) in [5.41, 5.74) is 8.28. The number of hydrogen-bond acceptors (Lipinski definition) is 3. The Morgan fingerprint density at radius 1 is 1.25 bits per heavy atom. The SMILES string of the molecule is Cc1cc(Cl)ccc1Nc1ccc(N)cn1. The van der Waals surface area contributed by atoms with Crippen LogP contribution in [0.5, 0.6) is 0 Å². The maximum absolute atomic E-state index is 5.88. The molecule has 0 atom stereocenters. The summed E-state index contributed by atoms with van der Waals surface area (Å²) in [7, 11) is 0. The Labute approximate surface area is 99.3 Å². The lowest BCUT2D eigenvalue weighted by Crippen LogP contribution is -1.96. The average molecular weight is 234 g/mol. The number of aromatic nitrogens is 1. The zero-order valence-electron chi connectivity index (χ0n) is 8.87. The molecule has 0 spiro atoms. The van der Waals surface area contributed by atoms with Crippen molar-refractivity contribution in [2.75, 3.05) is 11.1 Å². The van der Waals surface area contributed by atoms with Gasteiger partial charge in [-0.05, 0) is 42.8 Å². The van der Waals surface area contributed by atoms with Gasteiger partial charge in [0.15, 0.2) is 0 Å². The minimum absolute atomic E-state index is 0.651. The van der Waals surface area contributed by atoms with Gasteiger partial charge < -0.3 is 11.1 Å². The van der Waals surface area contributed by atoms with Crippen LogP contribution in [0, 0.1) is 6.92 Å². The summed E-state index contributed by atoms with van der Waals surface area (Å²) >= 11 is 5.88. The highest BCUT2D eigenvalue weighted by Gasteiger charge is 2.00. The Morgan fingerprint density at radius 2 is 2.06 bits per heavy atom. The molecule has 16 heavy (non-hydrogen) atoms. The van der Waals surface area contributed by atoms with Crippen molar-refractivity contribution < 1.29 is 0 Å². The van der Waals surface area contributed by atoms with Gasteiger partial charge in [0.05, 0.1) is 11.9 Å². The number of benzene rings is 1. The quantitative estimate of drug-likeness (QED) is 0.836. The van der Waals surface area contributed by atoms with Gasteiger partial charge in [-0.2, -0.15) is 0 Å². The number of nitrogen functional groups attached to an aromatic ring is 1. The van der Waals surface area contributed by atoms with E-state index < -0.39 is 0 Å². The van der Waals surface area contributed by atoms with Crippen molar-refractivity contribution in [2.24, 2.45) is 0 Å². The van der Waals surface area contributed by atoms with Gasteiger partial charge in [0.2, 0.25) is 0 Å². The molecule has 0 fully saturated rings. The molecule has 0 aliphatic carbocycles. The second-order valence-electron chi connectivity index (χ2n) is 3.56. The molecule has 0 saturated carbocycles. The van der Waals surface area contributed by atoms with Gasteiger partial charge in [0.25, 0.3) is 0 Å². The van der Waals surface area contributed by atoms with E-state index in [0.717, 1.165) is 22.1 Å². The number of rotatable bonds is 2. The molecule has 2 rings (SSSR count). The van der Waals surface area contributed by atoms with Crippen LogP contribution in [0.15, 0.2) is 36.5 Å². The maximum atomic E-state index is 5.88. The van der Waals surface area contributed by atoms with Gasteiger partial charge in [-0.25, -0.2) is 4.98 Å². The van der Waals surface area contributed by atoms with Crippen LogP contribution in [0.3, 0.4) is 0 Å². The second kappa shape index (κ2) is 4.41. The van der Waals surface area contributed by atoms with E-state index >= 15 is 0 Å². The lowest BCUT2D eigenvalue weighted by molar-refractivity contribution is 1.30. The van der Waals surface area contributed by atoms with Crippen molar-refractivity contribution in [1.82, 2.24) is 4.98 Å². The molecular weight excluding hydrogens is 222 g/mol. The van der Waals surface area contributed by atoms with Crippen LogP contribution in [0.25, 0.3) is 0 Å². The van der Waals surface area contributed by atoms with Crippen molar-refractivity contribution in [2.45, 2.75) is 6.92 Å². The minimum Gasteiger partial charge on any atom is -0.397 e. The molecule has 0 saturated heterocycles. The van der Waals surface area contributed by atoms with E-state index in [1.165, 1.54) is 0 Å². The highest BCUT2D eigenvalue weighted by atomic mass is 35.5. The number of anilines is 3. The zero-order chi connectivity index (χ0) is 11.5. The van der Waals surface area contributed by atoms with Gasteiger partial charge in [0.1, 0.15) is 5.82 Å². The first-order valence-electron chi connectivity index (χ1n) is 4.90. The van der Waals surface area contributed by atoms with Crippen LogP contribution in [-0.2, 0) is 0 Å². The Hall–Kier alpha value is -1.74. The van der Waals surface area contributed by atoms with Crippen molar-refractivity contribution >= 4 is 28.8 Å². The van der Waals surface area contributed by atoms with Crippen LogP contribution in [-0.4, -0.2) is 4.98 Å². The van der Waals surface area contributed by atoms with E-state index in [2.05, 4.69) is 10.3 Å². The van der Waals surface area contributed by atoms with E-state index in [1.54, 1.807) is 12.3 Å². The van der Waals surface area contributed by atoms with Crippen LogP contribution in [0.4, 0.5) is 17.2 Å². The summed E-state index contributed by atoms with van der Waals surface area (Å²) in [6.07, 6.45) is 1.62. The fourth-order valence-electron chi connectivity index (χ4n) is 1.38. The molecule has 0 bridgehead atoms. The molecule has 82 valence electrons. The number of halogens is 1. The summed E-state index contributed by atoms with van der Waals surface area (Å²) in [6, 6.07) is 9.31. The fraction of sp³-hybridized carbons (Fsp3) is 0.0833. The van der Waals surface area contributed by atoms with Crippen molar-refractivity contribution in [3.63, 3.8) is 0 Å². The van der Waals surface area contributed by atoms with E-state index in [9.17, 15) is 0 Å². The third-order valence-corrected chi connectivity index (χ3v) is 2.47. The van der Waals surface area contributed by atoms with E-state index in [1.807, 2.05) is 31.2 Å². The molecule has 2 aromatic rings. The van der Waals surface area contributed by atoms with Gasteiger partial charge in [-0.1, -0.05) is 11.6 Å². The predicted molar refractivity (Wildman–Crippen MR) is 68.1 cm³/mol. The number of hydrogen-bond donors (Lipinski definition) is 2. The highest BCUT2D eigenvalue weighted by Crippen LogP contribution is 2.22. The average Bonchev–Trinajstić information content (AvgIpc) is 2.25. The number of aryl methyl sites for hydroxylation is 1. The lowest BCUT2D eigenvalue weighted by atomic mass is 10.2. The highest BCUT2D eigenvalue weighted by molar-refractivity contribution is 6.30. The smallest absolute Gasteiger partial charge is 0.130 e. The van der Waals surface area contributed by atoms with Crippen LogP contribution >= 0.6 is 11.6 Å². The maximum Gasteiger partial charge on any atom is 0.130 e.